The first-order valence-corrected chi connectivity index (χ1v) is 7.11. The zero-order chi connectivity index (χ0) is 14.7. The molecular weight excluding hydrogens is 280 g/mol. The summed E-state index contributed by atoms with van der Waals surface area (Å²) < 4.78 is 13.6. The third-order valence-electron chi connectivity index (χ3n) is 2.62. The molecule has 7 heteroatoms. The van der Waals surface area contributed by atoms with Gasteiger partial charge in [-0.1, -0.05) is 12.1 Å². The molecule has 1 aromatic heterocycles. The van der Waals surface area contributed by atoms with Gasteiger partial charge in [-0.2, -0.15) is 0 Å². The van der Waals surface area contributed by atoms with Gasteiger partial charge in [-0.05, 0) is 25.1 Å². The van der Waals surface area contributed by atoms with E-state index in [1.807, 2.05) is 0 Å². The molecule has 104 valence electrons. The molecule has 2 aromatic rings. The molecule has 0 fully saturated rings. The van der Waals surface area contributed by atoms with Crippen LogP contribution in [0, 0.1) is 10.1 Å². The first-order valence-electron chi connectivity index (χ1n) is 5.79. The molecule has 0 saturated carbocycles. The predicted molar refractivity (Wildman–Crippen MR) is 74.4 cm³/mol. The second-order valence-corrected chi connectivity index (χ2v) is 5.55. The maximum Gasteiger partial charge on any atom is 0.293 e. The lowest BCUT2D eigenvalue weighted by Gasteiger charge is -2.08. The van der Waals surface area contributed by atoms with Crippen LogP contribution in [0.2, 0.25) is 0 Å². The molecule has 0 bridgehead atoms. The summed E-state index contributed by atoms with van der Waals surface area (Å²) in [6.45, 7) is 1.36. The minimum absolute atomic E-state index is 0.0789. The molecule has 0 spiro atoms. The van der Waals surface area contributed by atoms with E-state index in [-0.39, 0.29) is 17.2 Å². The highest BCUT2D eigenvalue weighted by molar-refractivity contribution is 7.85. The van der Waals surface area contributed by atoms with Gasteiger partial charge in [0.2, 0.25) is 0 Å². The number of carbonyl (C=O) groups excluding carboxylic acids is 1. The van der Waals surface area contributed by atoms with E-state index in [0.29, 0.717) is 10.7 Å². The van der Waals surface area contributed by atoms with E-state index < -0.39 is 15.7 Å². The number of carbonyl (C=O) groups is 1. The number of hydrogen-bond acceptors (Lipinski definition) is 4. The highest BCUT2D eigenvalue weighted by Crippen LogP contribution is 2.25. The first kappa shape index (κ1) is 14.1. The molecule has 0 saturated heterocycles. The van der Waals surface area contributed by atoms with E-state index >= 15 is 0 Å². The van der Waals surface area contributed by atoms with E-state index in [9.17, 15) is 19.1 Å². The Balaban J connectivity index is 2.50. The zero-order valence-corrected chi connectivity index (χ0v) is 11.5. The van der Waals surface area contributed by atoms with Crippen LogP contribution in [0.5, 0.6) is 0 Å². The Morgan fingerprint density at radius 3 is 2.65 bits per heavy atom. The van der Waals surface area contributed by atoms with E-state index in [2.05, 4.69) is 0 Å². The standard InChI is InChI=1S/C13H12N2O4S/c1-10(16)9-20(19)13-7-4-8-14(13)11-5-2-3-6-12(11)15(17)18/h2-8H,9H2,1H3. The average molecular weight is 292 g/mol. The van der Waals surface area contributed by atoms with Crippen molar-refractivity contribution in [2.75, 3.05) is 5.75 Å². The number of aromatic nitrogens is 1. The normalized spacial score (nSPS) is 12.1. The summed E-state index contributed by atoms with van der Waals surface area (Å²) in [6, 6.07) is 9.43. The lowest BCUT2D eigenvalue weighted by Crippen LogP contribution is -2.11. The SMILES string of the molecule is CC(=O)CS(=O)c1cccn1-c1ccccc1[N+](=O)[O-]. The fourth-order valence-corrected chi connectivity index (χ4v) is 2.96. The Hall–Kier alpha value is -2.28. The van der Waals surface area contributed by atoms with E-state index in [0.717, 1.165) is 0 Å². The largest absolute Gasteiger partial charge is 0.304 e. The van der Waals surface area contributed by atoms with Crippen LogP contribution in [0.15, 0.2) is 47.6 Å². The van der Waals surface area contributed by atoms with Gasteiger partial charge in [0.1, 0.15) is 16.5 Å². The molecule has 6 nitrogen and oxygen atoms in total. The maximum atomic E-state index is 12.1. The number of ketones is 1. The zero-order valence-electron chi connectivity index (χ0n) is 10.7. The van der Waals surface area contributed by atoms with Crippen LogP contribution in [0.3, 0.4) is 0 Å². The number of nitro groups is 1. The van der Waals surface area contributed by atoms with Crippen molar-refractivity contribution in [1.82, 2.24) is 4.57 Å². The highest BCUT2D eigenvalue weighted by Gasteiger charge is 2.18. The summed E-state index contributed by atoms with van der Waals surface area (Å²) in [7, 11) is -1.53. The molecule has 20 heavy (non-hydrogen) atoms. The van der Waals surface area contributed by atoms with Crippen molar-refractivity contribution in [2.45, 2.75) is 11.9 Å². The maximum absolute atomic E-state index is 12.1. The second kappa shape index (κ2) is 5.79. The molecule has 1 aromatic carbocycles. The Morgan fingerprint density at radius 1 is 1.30 bits per heavy atom. The number of para-hydroxylation sites is 2. The van der Waals surface area contributed by atoms with Crippen molar-refractivity contribution in [3.63, 3.8) is 0 Å². The number of nitrogens with zero attached hydrogens (tertiary/aromatic N) is 2. The van der Waals surface area contributed by atoms with Gasteiger partial charge in [0.05, 0.1) is 21.5 Å². The summed E-state index contributed by atoms with van der Waals surface area (Å²) in [5.74, 6) is -0.302. The molecule has 0 radical (unpaired) electrons. The predicted octanol–water partition coefficient (Wildman–Crippen LogP) is 2.08. The summed E-state index contributed by atoms with van der Waals surface area (Å²) in [5, 5.41) is 11.4. The lowest BCUT2D eigenvalue weighted by molar-refractivity contribution is -0.384. The minimum Gasteiger partial charge on any atom is -0.304 e. The van der Waals surface area contributed by atoms with E-state index in [4.69, 9.17) is 0 Å². The van der Waals surface area contributed by atoms with Crippen LogP contribution in [-0.2, 0) is 15.6 Å². The quantitative estimate of drug-likeness (QED) is 0.624. The highest BCUT2D eigenvalue weighted by atomic mass is 32.2. The fourth-order valence-electron chi connectivity index (χ4n) is 1.83. The Labute approximate surface area is 117 Å². The Kier molecular flexibility index (Phi) is 4.09. The fraction of sp³-hybridized carbons (Fsp3) is 0.154. The van der Waals surface area contributed by atoms with E-state index in [1.54, 1.807) is 36.5 Å². The van der Waals surface area contributed by atoms with Gasteiger partial charge < -0.3 is 4.57 Å². The smallest absolute Gasteiger partial charge is 0.293 e. The molecule has 0 amide bonds. The molecule has 0 aliphatic rings. The average Bonchev–Trinajstić information content (AvgIpc) is 2.87. The number of nitro benzene ring substituents is 1. The minimum atomic E-state index is -1.53. The second-order valence-electron chi connectivity index (χ2n) is 4.15. The van der Waals surface area contributed by atoms with Crippen molar-refractivity contribution in [3.8, 4) is 5.69 Å². The molecular formula is C13H12N2O4S. The van der Waals surface area contributed by atoms with Gasteiger partial charge in [0, 0.05) is 12.3 Å². The summed E-state index contributed by atoms with van der Waals surface area (Å²) in [4.78, 5) is 21.6. The number of hydrogen-bond donors (Lipinski definition) is 0. The summed E-state index contributed by atoms with van der Waals surface area (Å²) in [5.41, 5.74) is 0.249. The van der Waals surface area contributed by atoms with Gasteiger partial charge in [-0.3, -0.25) is 19.1 Å². The number of Topliss-reactive ketones (excluding diaryl/α,β-unsaturated/α-hetero) is 1. The first-order chi connectivity index (χ1) is 9.50. The topological polar surface area (TPSA) is 82.2 Å². The van der Waals surface area contributed by atoms with Crippen LogP contribution >= 0.6 is 0 Å². The molecule has 2 rings (SSSR count). The Morgan fingerprint density at radius 2 is 2.00 bits per heavy atom. The number of rotatable bonds is 5. The molecule has 0 aliphatic heterocycles. The molecule has 0 aliphatic carbocycles. The van der Waals surface area contributed by atoms with Gasteiger partial charge in [0.25, 0.3) is 5.69 Å². The lowest BCUT2D eigenvalue weighted by atomic mass is 10.2. The van der Waals surface area contributed by atoms with Crippen molar-refractivity contribution in [1.29, 1.82) is 0 Å². The Bertz CT molecular complexity index is 693. The van der Waals surface area contributed by atoms with Crippen molar-refractivity contribution >= 4 is 22.3 Å². The van der Waals surface area contributed by atoms with Crippen LogP contribution in [0.25, 0.3) is 5.69 Å². The van der Waals surface area contributed by atoms with Crippen LogP contribution in [0.4, 0.5) is 5.69 Å². The summed E-state index contributed by atoms with van der Waals surface area (Å²) >= 11 is 0. The van der Waals surface area contributed by atoms with Gasteiger partial charge >= 0.3 is 0 Å². The molecule has 1 unspecified atom stereocenters. The molecule has 1 heterocycles. The number of benzene rings is 1. The van der Waals surface area contributed by atoms with Crippen molar-refractivity contribution < 1.29 is 13.9 Å². The molecule has 1 atom stereocenters. The van der Waals surface area contributed by atoms with Crippen LogP contribution in [-0.4, -0.2) is 25.2 Å². The summed E-state index contributed by atoms with van der Waals surface area (Å²) in [6.07, 6.45) is 1.59. The van der Waals surface area contributed by atoms with Gasteiger partial charge in [-0.15, -0.1) is 0 Å². The van der Waals surface area contributed by atoms with Gasteiger partial charge in [-0.25, -0.2) is 0 Å². The monoisotopic (exact) mass is 292 g/mol. The van der Waals surface area contributed by atoms with Crippen LogP contribution < -0.4 is 0 Å². The van der Waals surface area contributed by atoms with E-state index in [1.165, 1.54) is 17.6 Å². The van der Waals surface area contributed by atoms with Gasteiger partial charge in [0.15, 0.2) is 0 Å². The molecule has 0 N–H and O–H groups in total. The van der Waals surface area contributed by atoms with Crippen molar-refractivity contribution in [2.24, 2.45) is 0 Å². The third-order valence-corrected chi connectivity index (χ3v) is 4.08. The van der Waals surface area contributed by atoms with Crippen molar-refractivity contribution in [3.05, 3.63) is 52.7 Å². The third kappa shape index (κ3) is 2.83. The van der Waals surface area contributed by atoms with Crippen LogP contribution in [0.1, 0.15) is 6.92 Å².